The maximum absolute atomic E-state index is 6.06. The Morgan fingerprint density at radius 1 is 0.778 bits per heavy atom. The third-order valence-electron chi connectivity index (χ3n) is 5.61. The van der Waals surface area contributed by atoms with Crippen LogP contribution in [0.1, 0.15) is 36.8 Å². The summed E-state index contributed by atoms with van der Waals surface area (Å²) in [7, 11) is 2.06. The Morgan fingerprint density at radius 2 is 1.22 bits per heavy atom. The lowest BCUT2D eigenvalue weighted by Crippen LogP contribution is -2.32. The summed E-state index contributed by atoms with van der Waals surface area (Å²) in [5.74, 6) is 1.64. The van der Waals surface area contributed by atoms with E-state index in [2.05, 4.69) is 41.5 Å². The van der Waals surface area contributed by atoms with Gasteiger partial charge in [0.1, 0.15) is 0 Å². The molecule has 0 atom stereocenters. The van der Waals surface area contributed by atoms with Crippen LogP contribution in [0.15, 0.2) is 48.5 Å². The Balaban J connectivity index is 1.63. The fourth-order valence-corrected chi connectivity index (χ4v) is 4.41. The van der Waals surface area contributed by atoms with Gasteiger partial charge in [-0.05, 0) is 86.5 Å². The molecular formula is C23H30Cl2N2. The molecule has 2 nitrogen and oxygen atoms in total. The summed E-state index contributed by atoms with van der Waals surface area (Å²) in [6.45, 7) is 4.22. The highest BCUT2D eigenvalue weighted by Crippen LogP contribution is 2.30. The maximum atomic E-state index is 6.06. The molecule has 0 saturated heterocycles. The Kier molecular flexibility index (Phi) is 8.02. The van der Waals surface area contributed by atoms with E-state index in [1.165, 1.54) is 36.8 Å². The summed E-state index contributed by atoms with van der Waals surface area (Å²) in [5, 5.41) is 4.93. The molecule has 4 heteroatoms. The molecule has 1 N–H and O–H groups in total. The van der Waals surface area contributed by atoms with Gasteiger partial charge in [-0.1, -0.05) is 47.5 Å². The van der Waals surface area contributed by atoms with Crippen LogP contribution in [0, 0.1) is 11.8 Å². The van der Waals surface area contributed by atoms with Gasteiger partial charge in [-0.2, -0.15) is 0 Å². The third kappa shape index (κ3) is 6.80. The van der Waals surface area contributed by atoms with Gasteiger partial charge < -0.3 is 5.32 Å². The molecule has 0 aromatic heterocycles. The summed E-state index contributed by atoms with van der Waals surface area (Å²) >= 11 is 12.1. The third-order valence-corrected chi connectivity index (χ3v) is 6.12. The largest absolute Gasteiger partial charge is 0.319 e. The first-order valence-corrected chi connectivity index (χ1v) is 10.7. The number of benzene rings is 2. The fourth-order valence-electron chi connectivity index (χ4n) is 4.15. The van der Waals surface area contributed by atoms with Crippen LogP contribution in [0.2, 0.25) is 10.0 Å². The lowest BCUT2D eigenvalue weighted by Gasteiger charge is -2.33. The minimum atomic E-state index is 0.790. The lowest BCUT2D eigenvalue weighted by molar-refractivity contribution is 0.168. The predicted molar refractivity (Wildman–Crippen MR) is 116 cm³/mol. The molecule has 0 bridgehead atoms. The molecule has 2 aromatic carbocycles. The fraction of sp³-hybridized carbons (Fsp3) is 0.478. The van der Waals surface area contributed by atoms with E-state index >= 15 is 0 Å². The van der Waals surface area contributed by atoms with Gasteiger partial charge in [-0.15, -0.1) is 0 Å². The van der Waals surface area contributed by atoms with E-state index in [0.717, 1.165) is 48.1 Å². The van der Waals surface area contributed by atoms with Crippen molar-refractivity contribution in [3.05, 3.63) is 69.7 Å². The van der Waals surface area contributed by atoms with Crippen molar-refractivity contribution >= 4 is 23.2 Å². The molecule has 1 saturated carbocycles. The molecule has 0 spiro atoms. The molecule has 0 heterocycles. The zero-order valence-corrected chi connectivity index (χ0v) is 17.6. The number of rotatable bonds is 8. The van der Waals surface area contributed by atoms with Crippen molar-refractivity contribution in [2.75, 3.05) is 20.1 Å². The van der Waals surface area contributed by atoms with Crippen molar-refractivity contribution in [3.8, 4) is 0 Å². The van der Waals surface area contributed by atoms with Gasteiger partial charge in [-0.25, -0.2) is 0 Å². The quantitative estimate of drug-likeness (QED) is 0.578. The molecule has 0 amide bonds. The molecule has 2 aromatic rings. The van der Waals surface area contributed by atoms with Gasteiger partial charge in [0.05, 0.1) is 0 Å². The maximum Gasteiger partial charge on any atom is 0.0406 e. The van der Waals surface area contributed by atoms with Gasteiger partial charge in [0.15, 0.2) is 0 Å². The zero-order chi connectivity index (χ0) is 19.1. The molecule has 0 radical (unpaired) electrons. The van der Waals surface area contributed by atoms with Crippen LogP contribution < -0.4 is 5.32 Å². The van der Waals surface area contributed by atoms with Crippen molar-refractivity contribution in [1.29, 1.82) is 0 Å². The summed E-state index contributed by atoms with van der Waals surface area (Å²) in [4.78, 5) is 2.58. The smallest absolute Gasteiger partial charge is 0.0406 e. The van der Waals surface area contributed by atoms with Crippen LogP contribution in [-0.4, -0.2) is 25.0 Å². The van der Waals surface area contributed by atoms with Gasteiger partial charge in [0.25, 0.3) is 0 Å². The first kappa shape index (κ1) is 20.7. The van der Waals surface area contributed by atoms with E-state index < -0.39 is 0 Å². The summed E-state index contributed by atoms with van der Waals surface area (Å²) in [6.07, 6.45) is 5.37. The van der Waals surface area contributed by atoms with Gasteiger partial charge in [0.2, 0.25) is 0 Å². The SMILES string of the molecule is CNCC1CCC(CN(Cc2ccc(Cl)cc2)Cc2ccc(Cl)cc2)CC1. The Hall–Kier alpha value is -1.06. The molecule has 1 aliphatic carbocycles. The second-order valence-corrected chi connectivity index (χ2v) is 8.74. The van der Waals surface area contributed by atoms with Crippen LogP contribution in [0.5, 0.6) is 0 Å². The molecule has 0 unspecified atom stereocenters. The number of nitrogens with one attached hydrogen (secondary N) is 1. The van der Waals surface area contributed by atoms with Crippen molar-refractivity contribution in [1.82, 2.24) is 10.2 Å². The molecule has 1 fully saturated rings. The Morgan fingerprint density at radius 3 is 1.67 bits per heavy atom. The van der Waals surface area contributed by atoms with E-state index in [1.54, 1.807) is 0 Å². The molecule has 146 valence electrons. The topological polar surface area (TPSA) is 15.3 Å². The van der Waals surface area contributed by atoms with Crippen molar-refractivity contribution in [3.63, 3.8) is 0 Å². The molecular weight excluding hydrogens is 375 g/mol. The highest BCUT2D eigenvalue weighted by atomic mass is 35.5. The number of nitrogens with zero attached hydrogens (tertiary/aromatic N) is 1. The summed E-state index contributed by atoms with van der Waals surface area (Å²) in [5.41, 5.74) is 2.63. The van der Waals surface area contributed by atoms with Gasteiger partial charge in [0, 0.05) is 29.7 Å². The van der Waals surface area contributed by atoms with Crippen LogP contribution in [0.3, 0.4) is 0 Å². The number of hydrogen-bond donors (Lipinski definition) is 1. The molecule has 1 aliphatic rings. The van der Waals surface area contributed by atoms with Gasteiger partial charge in [-0.3, -0.25) is 4.90 Å². The van der Waals surface area contributed by atoms with Gasteiger partial charge >= 0.3 is 0 Å². The highest BCUT2D eigenvalue weighted by Gasteiger charge is 2.23. The van der Waals surface area contributed by atoms with E-state index in [4.69, 9.17) is 23.2 Å². The Bertz CT molecular complexity index is 629. The second-order valence-electron chi connectivity index (χ2n) is 7.87. The molecule has 0 aliphatic heterocycles. The minimum Gasteiger partial charge on any atom is -0.319 e. The average Bonchev–Trinajstić information content (AvgIpc) is 2.67. The summed E-state index contributed by atoms with van der Waals surface area (Å²) < 4.78 is 0. The summed E-state index contributed by atoms with van der Waals surface area (Å²) in [6, 6.07) is 16.5. The van der Waals surface area contributed by atoms with Crippen molar-refractivity contribution < 1.29 is 0 Å². The minimum absolute atomic E-state index is 0.790. The van der Waals surface area contributed by atoms with Crippen molar-refractivity contribution in [2.45, 2.75) is 38.8 Å². The van der Waals surface area contributed by atoms with E-state index in [1.807, 2.05) is 24.3 Å². The first-order chi connectivity index (χ1) is 13.1. The van der Waals surface area contributed by atoms with E-state index in [-0.39, 0.29) is 0 Å². The standard InChI is InChI=1S/C23H30Cl2N2/c1-26-14-18-2-4-19(5-3-18)15-27(16-20-6-10-22(24)11-7-20)17-21-8-12-23(25)13-9-21/h6-13,18-19,26H,2-5,14-17H2,1H3. The first-order valence-electron chi connectivity index (χ1n) is 9.98. The number of halogens is 2. The van der Waals surface area contributed by atoms with E-state index in [0.29, 0.717) is 0 Å². The Labute approximate surface area is 173 Å². The second kappa shape index (κ2) is 10.5. The number of hydrogen-bond acceptors (Lipinski definition) is 2. The lowest BCUT2D eigenvalue weighted by atomic mass is 9.81. The van der Waals surface area contributed by atoms with Crippen LogP contribution in [-0.2, 0) is 13.1 Å². The van der Waals surface area contributed by atoms with E-state index in [9.17, 15) is 0 Å². The predicted octanol–water partition coefficient (Wildman–Crippen LogP) is 6.02. The normalized spacial score (nSPS) is 20.1. The molecule has 27 heavy (non-hydrogen) atoms. The van der Waals surface area contributed by atoms with Crippen molar-refractivity contribution in [2.24, 2.45) is 11.8 Å². The van der Waals surface area contributed by atoms with Crippen LogP contribution in [0.4, 0.5) is 0 Å². The average molecular weight is 405 g/mol. The monoisotopic (exact) mass is 404 g/mol. The van der Waals surface area contributed by atoms with Crippen LogP contribution >= 0.6 is 23.2 Å². The highest BCUT2D eigenvalue weighted by molar-refractivity contribution is 6.30. The van der Waals surface area contributed by atoms with Crippen LogP contribution in [0.25, 0.3) is 0 Å². The molecule has 3 rings (SSSR count). The zero-order valence-electron chi connectivity index (χ0n) is 16.1.